The molecule has 0 bridgehead atoms. The van der Waals surface area contributed by atoms with Crippen LogP contribution in [-0.4, -0.2) is 22.8 Å². The highest BCUT2D eigenvalue weighted by molar-refractivity contribution is 5.92. The van der Waals surface area contributed by atoms with E-state index >= 15 is 0 Å². The van der Waals surface area contributed by atoms with Crippen LogP contribution in [0.4, 0.5) is 0 Å². The van der Waals surface area contributed by atoms with Crippen molar-refractivity contribution in [2.75, 3.05) is 7.05 Å². The second kappa shape index (κ2) is 5.46. The summed E-state index contributed by atoms with van der Waals surface area (Å²) in [5.74, 6) is -0.125. The number of furan rings is 1. The van der Waals surface area contributed by atoms with E-state index in [1.807, 2.05) is 12.1 Å². The maximum atomic E-state index is 12.1. The SMILES string of the molecule is CN(Cc1ccoc1)C(=O)c1ccc(CN)cn1. The Kier molecular flexibility index (Phi) is 3.74. The van der Waals surface area contributed by atoms with Gasteiger partial charge in [-0.1, -0.05) is 6.07 Å². The molecular formula is C13H15N3O2. The Bertz CT molecular complexity index is 506. The summed E-state index contributed by atoms with van der Waals surface area (Å²) in [4.78, 5) is 17.8. The molecule has 0 aliphatic heterocycles. The van der Waals surface area contributed by atoms with Crippen LogP contribution in [-0.2, 0) is 13.1 Å². The van der Waals surface area contributed by atoms with Crippen LogP contribution in [0, 0.1) is 0 Å². The minimum atomic E-state index is -0.125. The summed E-state index contributed by atoms with van der Waals surface area (Å²) in [6.07, 6.45) is 4.83. The Morgan fingerprint density at radius 2 is 2.22 bits per heavy atom. The van der Waals surface area contributed by atoms with Crippen LogP contribution in [0.3, 0.4) is 0 Å². The van der Waals surface area contributed by atoms with E-state index in [0.717, 1.165) is 11.1 Å². The van der Waals surface area contributed by atoms with Gasteiger partial charge in [0.1, 0.15) is 5.69 Å². The first-order chi connectivity index (χ1) is 8.70. The Labute approximate surface area is 105 Å². The highest BCUT2D eigenvalue weighted by Crippen LogP contribution is 2.08. The number of hydrogen-bond acceptors (Lipinski definition) is 4. The molecular weight excluding hydrogens is 230 g/mol. The molecule has 18 heavy (non-hydrogen) atoms. The Hall–Kier alpha value is -2.14. The molecule has 0 spiro atoms. The van der Waals surface area contributed by atoms with Gasteiger partial charge in [0.05, 0.1) is 12.5 Å². The summed E-state index contributed by atoms with van der Waals surface area (Å²) in [6, 6.07) is 5.33. The lowest BCUT2D eigenvalue weighted by atomic mass is 10.2. The number of rotatable bonds is 4. The zero-order chi connectivity index (χ0) is 13.0. The van der Waals surface area contributed by atoms with Gasteiger partial charge < -0.3 is 15.1 Å². The average molecular weight is 245 g/mol. The quantitative estimate of drug-likeness (QED) is 0.883. The highest BCUT2D eigenvalue weighted by atomic mass is 16.3. The monoisotopic (exact) mass is 245 g/mol. The molecule has 1 amide bonds. The van der Waals surface area contributed by atoms with Gasteiger partial charge in [-0.15, -0.1) is 0 Å². The molecule has 2 heterocycles. The van der Waals surface area contributed by atoms with Gasteiger partial charge in [-0.2, -0.15) is 0 Å². The van der Waals surface area contributed by atoms with Gasteiger partial charge in [0.2, 0.25) is 0 Å². The Morgan fingerprint density at radius 3 is 2.78 bits per heavy atom. The number of nitrogens with zero attached hydrogens (tertiary/aromatic N) is 2. The predicted octanol–water partition coefficient (Wildman–Crippen LogP) is 1.41. The zero-order valence-electron chi connectivity index (χ0n) is 10.2. The summed E-state index contributed by atoms with van der Waals surface area (Å²) < 4.78 is 4.96. The van der Waals surface area contributed by atoms with Gasteiger partial charge in [0.25, 0.3) is 5.91 Å². The van der Waals surface area contributed by atoms with E-state index in [-0.39, 0.29) is 5.91 Å². The fourth-order valence-electron chi connectivity index (χ4n) is 1.60. The van der Waals surface area contributed by atoms with Crippen LogP contribution >= 0.6 is 0 Å². The molecule has 0 aliphatic rings. The molecule has 2 N–H and O–H groups in total. The van der Waals surface area contributed by atoms with Gasteiger partial charge in [-0.05, 0) is 17.7 Å². The van der Waals surface area contributed by atoms with Crippen LogP contribution in [0.15, 0.2) is 41.3 Å². The Morgan fingerprint density at radius 1 is 1.39 bits per heavy atom. The standard InChI is InChI=1S/C13H15N3O2/c1-16(8-11-4-5-18-9-11)13(17)12-3-2-10(6-14)7-15-12/h2-5,7,9H,6,8,14H2,1H3. The first-order valence-electron chi connectivity index (χ1n) is 5.62. The van der Waals surface area contributed by atoms with Crippen molar-refractivity contribution >= 4 is 5.91 Å². The average Bonchev–Trinajstić information content (AvgIpc) is 2.91. The number of pyridine rings is 1. The maximum Gasteiger partial charge on any atom is 0.272 e. The molecule has 0 aromatic carbocycles. The second-order valence-corrected chi connectivity index (χ2v) is 4.05. The highest BCUT2D eigenvalue weighted by Gasteiger charge is 2.13. The summed E-state index contributed by atoms with van der Waals surface area (Å²) >= 11 is 0. The lowest BCUT2D eigenvalue weighted by molar-refractivity contribution is 0.0779. The summed E-state index contributed by atoms with van der Waals surface area (Å²) in [5.41, 5.74) is 7.75. The van der Waals surface area contributed by atoms with Gasteiger partial charge in [0.15, 0.2) is 0 Å². The number of nitrogens with two attached hydrogens (primary N) is 1. The molecule has 0 fully saturated rings. The first-order valence-corrected chi connectivity index (χ1v) is 5.62. The van der Waals surface area contributed by atoms with Crippen molar-refractivity contribution in [3.63, 3.8) is 0 Å². The van der Waals surface area contributed by atoms with E-state index < -0.39 is 0 Å². The number of carbonyl (C=O) groups excluding carboxylic acids is 1. The lowest BCUT2D eigenvalue weighted by Gasteiger charge is -2.15. The number of amides is 1. The van der Waals surface area contributed by atoms with Gasteiger partial charge in [-0.25, -0.2) is 0 Å². The third-order valence-electron chi connectivity index (χ3n) is 2.63. The zero-order valence-corrected chi connectivity index (χ0v) is 10.2. The summed E-state index contributed by atoms with van der Waals surface area (Å²) in [6.45, 7) is 0.919. The van der Waals surface area contributed by atoms with E-state index in [4.69, 9.17) is 10.2 Å². The molecule has 2 aromatic heterocycles. The number of hydrogen-bond donors (Lipinski definition) is 1. The normalized spacial score (nSPS) is 10.3. The van der Waals surface area contributed by atoms with E-state index in [2.05, 4.69) is 4.98 Å². The van der Waals surface area contributed by atoms with E-state index in [9.17, 15) is 4.79 Å². The Balaban J connectivity index is 2.05. The van der Waals surface area contributed by atoms with Gasteiger partial charge in [0, 0.05) is 31.9 Å². The van der Waals surface area contributed by atoms with E-state index in [1.54, 1.807) is 36.7 Å². The third kappa shape index (κ3) is 2.75. The van der Waals surface area contributed by atoms with Crippen molar-refractivity contribution in [3.05, 3.63) is 53.7 Å². The number of carbonyl (C=O) groups is 1. The third-order valence-corrected chi connectivity index (χ3v) is 2.63. The maximum absolute atomic E-state index is 12.1. The number of aromatic nitrogens is 1. The van der Waals surface area contributed by atoms with Crippen molar-refractivity contribution in [1.82, 2.24) is 9.88 Å². The van der Waals surface area contributed by atoms with Crippen molar-refractivity contribution in [3.8, 4) is 0 Å². The van der Waals surface area contributed by atoms with Crippen LogP contribution in [0.5, 0.6) is 0 Å². The van der Waals surface area contributed by atoms with Crippen molar-refractivity contribution < 1.29 is 9.21 Å². The van der Waals surface area contributed by atoms with Crippen molar-refractivity contribution in [2.45, 2.75) is 13.1 Å². The molecule has 0 saturated heterocycles. The first kappa shape index (κ1) is 12.3. The molecule has 0 saturated carbocycles. The minimum absolute atomic E-state index is 0.125. The molecule has 2 rings (SSSR count). The fourth-order valence-corrected chi connectivity index (χ4v) is 1.60. The van der Waals surface area contributed by atoms with Crippen LogP contribution in [0.2, 0.25) is 0 Å². The summed E-state index contributed by atoms with van der Waals surface area (Å²) in [7, 11) is 1.73. The fraction of sp³-hybridized carbons (Fsp3) is 0.231. The smallest absolute Gasteiger partial charge is 0.272 e. The van der Waals surface area contributed by atoms with Crippen LogP contribution in [0.1, 0.15) is 21.6 Å². The predicted molar refractivity (Wildman–Crippen MR) is 66.6 cm³/mol. The lowest BCUT2D eigenvalue weighted by Crippen LogP contribution is -2.26. The van der Waals surface area contributed by atoms with E-state index in [1.165, 1.54) is 0 Å². The van der Waals surface area contributed by atoms with Crippen molar-refractivity contribution in [1.29, 1.82) is 0 Å². The topological polar surface area (TPSA) is 72.4 Å². The van der Waals surface area contributed by atoms with Gasteiger partial charge >= 0.3 is 0 Å². The molecule has 0 unspecified atom stereocenters. The molecule has 0 aliphatic carbocycles. The molecule has 94 valence electrons. The largest absolute Gasteiger partial charge is 0.472 e. The van der Waals surface area contributed by atoms with Crippen LogP contribution < -0.4 is 5.73 Å². The minimum Gasteiger partial charge on any atom is -0.472 e. The summed E-state index contributed by atoms with van der Waals surface area (Å²) in [5, 5.41) is 0. The molecule has 2 aromatic rings. The molecule has 0 radical (unpaired) electrons. The second-order valence-electron chi connectivity index (χ2n) is 4.05. The van der Waals surface area contributed by atoms with Crippen molar-refractivity contribution in [2.24, 2.45) is 5.73 Å². The molecule has 5 nitrogen and oxygen atoms in total. The molecule has 0 atom stereocenters. The molecule has 5 heteroatoms. The van der Waals surface area contributed by atoms with E-state index in [0.29, 0.717) is 18.8 Å². The van der Waals surface area contributed by atoms with Crippen LogP contribution in [0.25, 0.3) is 0 Å². The van der Waals surface area contributed by atoms with Gasteiger partial charge in [-0.3, -0.25) is 9.78 Å².